The Balaban J connectivity index is 0.00000406. The second kappa shape index (κ2) is 21.2. The summed E-state index contributed by atoms with van der Waals surface area (Å²) in [6.45, 7) is 0.379. The molecule has 0 unspecified atom stereocenters. The van der Waals surface area contributed by atoms with Crippen LogP contribution in [-0.2, 0) is 42.1 Å². The fourth-order valence-corrected chi connectivity index (χ4v) is 7.07. The molecule has 1 aromatic heterocycles. The molecule has 0 spiro atoms. The first-order valence-corrected chi connectivity index (χ1v) is 18.1. The molecule has 1 fully saturated rings. The van der Waals surface area contributed by atoms with Crippen LogP contribution in [0.1, 0.15) is 39.5 Å². The van der Waals surface area contributed by atoms with E-state index in [-0.39, 0.29) is 94.6 Å². The molecule has 1 aliphatic heterocycles. The third-order valence-corrected chi connectivity index (χ3v) is 9.83. The quantitative estimate of drug-likeness (QED) is 0.0498. The molecule has 5 rings (SSSR count). The number of carbonyl (C=O) groups is 1. The molecule has 278 valence electrons. The van der Waals surface area contributed by atoms with Gasteiger partial charge in [0.1, 0.15) is 41.5 Å². The smallest absolute Gasteiger partial charge is 0.790 e. The van der Waals surface area contributed by atoms with Gasteiger partial charge in [0.2, 0.25) is 0 Å². The summed E-state index contributed by atoms with van der Waals surface area (Å²) in [7, 11) is -5.54. The molecule has 0 saturated carbocycles. The molecule has 4 aromatic rings. The first-order chi connectivity index (χ1) is 25.3. The van der Waals surface area contributed by atoms with Crippen molar-refractivity contribution in [3.05, 3.63) is 137 Å². The fraction of sp³-hybridized carbons (Fsp3) is 0.257. The van der Waals surface area contributed by atoms with Crippen molar-refractivity contribution in [3.63, 3.8) is 0 Å². The van der Waals surface area contributed by atoms with E-state index in [1.54, 1.807) is 25.2 Å². The number of aromatic nitrogens is 3. The first-order valence-electron chi connectivity index (χ1n) is 15.7. The van der Waals surface area contributed by atoms with Gasteiger partial charge in [0, 0.05) is 22.4 Å². The standard InChI is InChI=1S/C35H31F4N4O8PS.2Na/c1-22(53-27-17-48-32(49-18-27)8-3-2-5-24-10-9-23(15-40)13-30(24)38)35(19-43-21-41-20-42-43,28-12-11-26(36)14-31(28)39)51-34(44)33-25(6-4-7-29(33)37)16-50-52(45,46)47;;/h2-14,20-22,27,32H,16-19H2,1H3,(H2,45,46,47);;/q;2*+1/p-2/b5-2+,8-3+;;/t22-,27?,32?,35-;;/m1../s1. The summed E-state index contributed by atoms with van der Waals surface area (Å²) in [6, 6.07) is 11.8. The van der Waals surface area contributed by atoms with Crippen molar-refractivity contribution in [1.82, 2.24) is 14.8 Å². The molecule has 12 nitrogen and oxygen atoms in total. The Morgan fingerprint density at radius 2 is 1.84 bits per heavy atom. The van der Waals surface area contributed by atoms with Crippen LogP contribution >= 0.6 is 19.6 Å². The van der Waals surface area contributed by atoms with Gasteiger partial charge in [-0.1, -0.05) is 36.4 Å². The molecule has 55 heavy (non-hydrogen) atoms. The molecule has 0 radical (unpaired) electrons. The van der Waals surface area contributed by atoms with E-state index in [2.05, 4.69) is 14.6 Å². The number of benzene rings is 3. The van der Waals surface area contributed by atoms with Crippen molar-refractivity contribution in [2.45, 2.75) is 42.5 Å². The van der Waals surface area contributed by atoms with E-state index in [1.807, 2.05) is 6.07 Å². The molecule has 0 bridgehead atoms. The zero-order chi connectivity index (χ0) is 38.2. The van der Waals surface area contributed by atoms with Crippen molar-refractivity contribution < 1.29 is 115 Å². The number of esters is 1. The predicted molar refractivity (Wildman–Crippen MR) is 178 cm³/mol. The van der Waals surface area contributed by atoms with Crippen LogP contribution in [0.4, 0.5) is 17.6 Å². The summed E-state index contributed by atoms with van der Waals surface area (Å²) in [5.74, 6) is -5.11. The van der Waals surface area contributed by atoms with Crippen molar-refractivity contribution in [2.24, 2.45) is 0 Å². The second-order valence-electron chi connectivity index (χ2n) is 11.5. The van der Waals surface area contributed by atoms with E-state index in [4.69, 9.17) is 19.5 Å². The maximum absolute atomic E-state index is 15.8. The summed E-state index contributed by atoms with van der Waals surface area (Å²) in [6.07, 6.45) is 7.90. The molecule has 20 heteroatoms. The summed E-state index contributed by atoms with van der Waals surface area (Å²) in [5.41, 5.74) is -3.03. The van der Waals surface area contributed by atoms with Gasteiger partial charge in [0.25, 0.3) is 0 Å². The number of nitriles is 1. The number of halogens is 4. The van der Waals surface area contributed by atoms with Crippen LogP contribution in [0.5, 0.6) is 0 Å². The van der Waals surface area contributed by atoms with E-state index >= 15 is 8.78 Å². The molecule has 1 saturated heterocycles. The maximum atomic E-state index is 15.8. The van der Waals surface area contributed by atoms with Crippen molar-refractivity contribution in [2.75, 3.05) is 13.2 Å². The summed E-state index contributed by atoms with van der Waals surface area (Å²) in [4.78, 5) is 40.2. The number of phosphoric acid groups is 1. The molecule has 3 aromatic carbocycles. The molecule has 0 aliphatic carbocycles. The van der Waals surface area contributed by atoms with E-state index in [1.165, 1.54) is 35.5 Å². The first kappa shape index (κ1) is 46.7. The molecule has 1 aliphatic rings. The number of ether oxygens (including phenoxy) is 3. The molecule has 0 N–H and O–H groups in total. The Hall–Kier alpha value is -2.66. The normalized spacial score (nSPS) is 17.5. The van der Waals surface area contributed by atoms with Gasteiger partial charge in [0.15, 0.2) is 11.9 Å². The molecular weight excluding hydrogens is 789 g/mol. The Morgan fingerprint density at radius 3 is 2.47 bits per heavy atom. The van der Waals surface area contributed by atoms with E-state index in [0.717, 1.165) is 48.2 Å². The fourth-order valence-electron chi connectivity index (χ4n) is 5.41. The van der Waals surface area contributed by atoms with Gasteiger partial charge in [-0.15, -0.1) is 11.8 Å². The largest absolute Gasteiger partial charge is 1.00 e. The summed E-state index contributed by atoms with van der Waals surface area (Å²) in [5, 5.41) is 11.6. The van der Waals surface area contributed by atoms with Crippen LogP contribution in [0.2, 0.25) is 0 Å². The number of phosphoric ester groups is 1. The SMILES string of the molecule is C[C@@H](SC1COC(/C=C/C=C/c2ccc(C#N)cc2F)OC1)[C@@](Cn1cncn1)(OC(=O)c1c(F)cccc1COP(=O)([O-])[O-])c1ccc(F)cc1F.[Na+].[Na+]. The minimum absolute atomic E-state index is 0. The zero-order valence-electron chi connectivity index (χ0n) is 29.6. The zero-order valence-corrected chi connectivity index (χ0v) is 35.4. The Bertz CT molecular complexity index is 2080. The van der Waals surface area contributed by atoms with Gasteiger partial charge >= 0.3 is 65.1 Å². The number of carbonyl (C=O) groups excluding carboxylic acids is 1. The van der Waals surface area contributed by atoms with Crippen molar-refractivity contribution >= 4 is 31.6 Å². The average Bonchev–Trinajstić information content (AvgIpc) is 3.62. The van der Waals surface area contributed by atoms with Gasteiger partial charge < -0.3 is 33.1 Å². The molecule has 2 heterocycles. The van der Waals surface area contributed by atoms with Crippen LogP contribution in [-0.4, -0.2) is 50.7 Å². The number of allylic oxidation sites excluding steroid dienone is 2. The van der Waals surface area contributed by atoms with Gasteiger partial charge in [-0.2, -0.15) is 10.4 Å². The average molecular weight is 819 g/mol. The Morgan fingerprint density at radius 1 is 1.09 bits per heavy atom. The van der Waals surface area contributed by atoms with E-state index < -0.39 is 78.2 Å². The second-order valence-corrected chi connectivity index (χ2v) is 14.3. The van der Waals surface area contributed by atoms with Crippen LogP contribution in [0.25, 0.3) is 6.08 Å². The topological polar surface area (TPSA) is 172 Å². The van der Waals surface area contributed by atoms with E-state index in [9.17, 15) is 27.9 Å². The Labute approximate surface area is 361 Å². The Kier molecular flexibility index (Phi) is 18.0. The minimum Gasteiger partial charge on any atom is -0.790 e. The number of thioether (sulfide) groups is 1. The summed E-state index contributed by atoms with van der Waals surface area (Å²) >= 11 is 1.16. The monoisotopic (exact) mass is 818 g/mol. The maximum Gasteiger partial charge on any atom is 1.00 e. The van der Waals surface area contributed by atoms with Gasteiger partial charge in [0.05, 0.1) is 51.1 Å². The van der Waals surface area contributed by atoms with Crippen LogP contribution < -0.4 is 68.9 Å². The minimum atomic E-state index is -5.54. The molecular formula is C35H29F4N4Na2O8PS. The van der Waals surface area contributed by atoms with Crippen molar-refractivity contribution in [1.29, 1.82) is 5.26 Å². The third kappa shape index (κ3) is 12.7. The number of hydrogen-bond acceptors (Lipinski definition) is 12. The van der Waals surface area contributed by atoms with Gasteiger partial charge in [-0.3, -0.25) is 0 Å². The van der Waals surface area contributed by atoms with Crippen LogP contribution in [0.15, 0.2) is 85.5 Å². The van der Waals surface area contributed by atoms with E-state index in [0.29, 0.717) is 6.07 Å². The number of nitrogens with zero attached hydrogens (tertiary/aromatic N) is 4. The number of hydrogen-bond donors (Lipinski definition) is 0. The molecule has 2 atom stereocenters. The summed E-state index contributed by atoms with van der Waals surface area (Å²) < 4.78 is 93.8. The van der Waals surface area contributed by atoms with Gasteiger partial charge in [-0.05, 0) is 48.9 Å². The van der Waals surface area contributed by atoms with Gasteiger partial charge in [-0.25, -0.2) is 32.0 Å². The van der Waals surface area contributed by atoms with Crippen molar-refractivity contribution in [3.8, 4) is 6.07 Å². The van der Waals surface area contributed by atoms with Crippen LogP contribution in [0, 0.1) is 34.6 Å². The number of rotatable bonds is 14. The third-order valence-electron chi connectivity index (χ3n) is 7.94. The predicted octanol–water partition coefficient (Wildman–Crippen LogP) is -1.06. The van der Waals surface area contributed by atoms with Crippen LogP contribution in [0.3, 0.4) is 0 Å². The molecule has 0 amide bonds.